The molecule has 0 unspecified atom stereocenters. The lowest BCUT2D eigenvalue weighted by atomic mass is 9.88. The number of rotatable bonds is 11. The molecule has 0 atom stereocenters. The van der Waals surface area contributed by atoms with E-state index in [0.29, 0.717) is 0 Å². The highest BCUT2D eigenvalue weighted by molar-refractivity contribution is 6.09. The van der Waals surface area contributed by atoms with Gasteiger partial charge in [-0.1, -0.05) is 243 Å². The summed E-state index contributed by atoms with van der Waals surface area (Å²) in [6.45, 7) is 0. The smallest absolute Gasteiger partial charge is 0.0541 e. The van der Waals surface area contributed by atoms with Gasteiger partial charge in [0, 0.05) is 55.9 Å². The zero-order valence-electron chi connectivity index (χ0n) is 46.1. The summed E-state index contributed by atoms with van der Waals surface area (Å²) in [5.41, 5.74) is 24.0. The molecule has 3 nitrogen and oxygen atoms in total. The molecule has 15 aromatic rings. The molecule has 1 heterocycles. The second-order valence-corrected chi connectivity index (χ2v) is 22.0. The van der Waals surface area contributed by atoms with Crippen LogP contribution in [0.25, 0.3) is 93.5 Å². The molecule has 1 aliphatic rings. The molecule has 0 N–H and O–H groups in total. The molecule has 0 amide bonds. The Hall–Kier alpha value is -11.0. The third-order valence-electron chi connectivity index (χ3n) is 17.3. The van der Waals surface area contributed by atoms with Gasteiger partial charge in [0.25, 0.3) is 0 Å². The monoisotopic (exact) mass is 1070 g/mol. The SMILES string of the molecule is c1ccc2c(c1)-c1ccccc1C2c1ccc(-c2ccc(N(c3ccc(-c4ccc(N(c5ccc(-c6ccc(-n7c8ccccc8c8ccccc87)cc6)cc5)c5cccc6ccccc56)cc4)cc3)c3cccc4ccccc34)cc2)cc1. The average molecular weight is 1070 g/mol. The Bertz CT molecular complexity index is 4810. The van der Waals surface area contributed by atoms with E-state index < -0.39 is 0 Å². The van der Waals surface area contributed by atoms with Crippen molar-refractivity contribution in [3.63, 3.8) is 0 Å². The molecule has 16 rings (SSSR count). The Morgan fingerprint density at radius 1 is 0.238 bits per heavy atom. The molecule has 0 fully saturated rings. The summed E-state index contributed by atoms with van der Waals surface area (Å²) in [6.07, 6.45) is 0. The van der Waals surface area contributed by atoms with Crippen LogP contribution in [0, 0.1) is 0 Å². The van der Waals surface area contributed by atoms with Crippen LogP contribution in [0.4, 0.5) is 34.1 Å². The molecule has 0 spiro atoms. The second-order valence-electron chi connectivity index (χ2n) is 22.0. The molecule has 0 bridgehead atoms. The van der Waals surface area contributed by atoms with Crippen LogP contribution < -0.4 is 9.80 Å². The standard InChI is InChI=1S/C81H55N3/c1-3-19-69-61(15-1)17-13-29-77(69)82(64-45-35-56(36-46-64)55-31-33-63(34-32-55)81-75-25-7-5-21-71(75)72-22-6-8-26-76(72)81)65-47-37-57(38-48-65)58-39-49-66(50-40-58)83(78-30-14-18-62-16-2-4-20-70(62)78)67-51-41-59(42-52-67)60-43-53-68(54-44-60)84-79-27-11-9-23-73(79)74-24-10-12-28-80(74)84/h1-54,81H. The maximum atomic E-state index is 2.40. The molecular formula is C81H55N3. The Morgan fingerprint density at radius 3 is 0.952 bits per heavy atom. The quantitative estimate of drug-likeness (QED) is 0.128. The summed E-state index contributed by atoms with van der Waals surface area (Å²) >= 11 is 0. The van der Waals surface area contributed by atoms with E-state index in [9.17, 15) is 0 Å². The molecule has 0 radical (unpaired) electrons. The highest BCUT2D eigenvalue weighted by Crippen LogP contribution is 2.49. The predicted octanol–water partition coefficient (Wildman–Crippen LogP) is 22.2. The second kappa shape index (κ2) is 20.5. The number of hydrogen-bond acceptors (Lipinski definition) is 2. The topological polar surface area (TPSA) is 11.4 Å². The van der Waals surface area contributed by atoms with Crippen LogP contribution in [0.1, 0.15) is 22.6 Å². The van der Waals surface area contributed by atoms with Crippen molar-refractivity contribution >= 4 is 77.5 Å². The number of aromatic nitrogens is 1. The number of anilines is 6. The van der Waals surface area contributed by atoms with Crippen LogP contribution in [-0.4, -0.2) is 4.57 Å². The van der Waals surface area contributed by atoms with Crippen LogP contribution in [0.15, 0.2) is 328 Å². The summed E-state index contributed by atoms with van der Waals surface area (Å²) in [5, 5.41) is 7.33. The third kappa shape index (κ3) is 8.44. The van der Waals surface area contributed by atoms with E-state index in [4.69, 9.17) is 0 Å². The zero-order valence-corrected chi connectivity index (χ0v) is 46.1. The summed E-state index contributed by atoms with van der Waals surface area (Å²) in [7, 11) is 0. The van der Waals surface area contributed by atoms with E-state index in [1.165, 1.54) is 93.4 Å². The Morgan fingerprint density at radius 2 is 0.548 bits per heavy atom. The van der Waals surface area contributed by atoms with Crippen LogP contribution >= 0.6 is 0 Å². The lowest BCUT2D eigenvalue weighted by Gasteiger charge is -2.28. The van der Waals surface area contributed by atoms with Crippen molar-refractivity contribution in [3.05, 3.63) is 344 Å². The fourth-order valence-corrected chi connectivity index (χ4v) is 13.3. The van der Waals surface area contributed by atoms with Crippen LogP contribution in [-0.2, 0) is 0 Å². The fraction of sp³-hybridized carbons (Fsp3) is 0.0123. The van der Waals surface area contributed by atoms with E-state index in [-0.39, 0.29) is 5.92 Å². The van der Waals surface area contributed by atoms with Crippen molar-refractivity contribution in [3.8, 4) is 50.2 Å². The minimum Gasteiger partial charge on any atom is -0.310 e. The van der Waals surface area contributed by atoms with Crippen molar-refractivity contribution in [1.82, 2.24) is 4.57 Å². The Kier molecular flexibility index (Phi) is 11.9. The molecular weight excluding hydrogens is 1010 g/mol. The van der Waals surface area contributed by atoms with Crippen LogP contribution in [0.2, 0.25) is 0 Å². The first-order valence-electron chi connectivity index (χ1n) is 29.0. The molecule has 394 valence electrons. The normalized spacial score (nSPS) is 12.0. The molecule has 84 heavy (non-hydrogen) atoms. The fourth-order valence-electron chi connectivity index (χ4n) is 13.3. The molecule has 1 aromatic heterocycles. The summed E-state index contributed by atoms with van der Waals surface area (Å²) in [5.74, 6) is 0.228. The van der Waals surface area contributed by atoms with E-state index >= 15 is 0 Å². The van der Waals surface area contributed by atoms with E-state index in [0.717, 1.165) is 50.9 Å². The minimum absolute atomic E-state index is 0.228. The van der Waals surface area contributed by atoms with Gasteiger partial charge in [0.1, 0.15) is 0 Å². The molecule has 0 saturated heterocycles. The maximum Gasteiger partial charge on any atom is 0.0541 e. The van der Waals surface area contributed by atoms with Crippen molar-refractivity contribution in [2.45, 2.75) is 5.92 Å². The van der Waals surface area contributed by atoms with Gasteiger partial charge in [0.05, 0.1) is 22.4 Å². The van der Waals surface area contributed by atoms with Crippen molar-refractivity contribution < 1.29 is 0 Å². The number of benzene rings is 14. The molecule has 1 aliphatic carbocycles. The lowest BCUT2D eigenvalue weighted by molar-refractivity contribution is 1.02. The summed E-state index contributed by atoms with van der Waals surface area (Å²) < 4.78 is 2.37. The van der Waals surface area contributed by atoms with Gasteiger partial charge in [-0.3, -0.25) is 0 Å². The van der Waals surface area contributed by atoms with Gasteiger partial charge < -0.3 is 14.4 Å². The third-order valence-corrected chi connectivity index (χ3v) is 17.3. The van der Waals surface area contributed by atoms with E-state index in [2.05, 4.69) is 342 Å². The van der Waals surface area contributed by atoms with Gasteiger partial charge in [-0.05, 0) is 157 Å². The number of fused-ring (bicyclic) bond motifs is 8. The predicted molar refractivity (Wildman–Crippen MR) is 354 cm³/mol. The highest BCUT2D eigenvalue weighted by Gasteiger charge is 2.29. The molecule has 0 saturated carbocycles. The Balaban J connectivity index is 0.694. The average Bonchev–Trinajstić information content (AvgIpc) is 3.26. The molecule has 0 aliphatic heterocycles. The number of para-hydroxylation sites is 2. The summed E-state index contributed by atoms with van der Waals surface area (Å²) in [4.78, 5) is 4.79. The van der Waals surface area contributed by atoms with Gasteiger partial charge in [-0.2, -0.15) is 0 Å². The minimum atomic E-state index is 0.228. The first-order valence-corrected chi connectivity index (χ1v) is 29.0. The number of nitrogens with zero attached hydrogens (tertiary/aromatic N) is 3. The van der Waals surface area contributed by atoms with Gasteiger partial charge in [-0.15, -0.1) is 0 Å². The van der Waals surface area contributed by atoms with Crippen molar-refractivity contribution in [1.29, 1.82) is 0 Å². The van der Waals surface area contributed by atoms with Gasteiger partial charge in [-0.25, -0.2) is 0 Å². The van der Waals surface area contributed by atoms with Crippen molar-refractivity contribution in [2.75, 3.05) is 9.80 Å². The lowest BCUT2D eigenvalue weighted by Crippen LogP contribution is -2.10. The molecule has 14 aromatic carbocycles. The van der Waals surface area contributed by atoms with E-state index in [1.807, 2.05) is 0 Å². The molecule has 3 heteroatoms. The van der Waals surface area contributed by atoms with Gasteiger partial charge in [0.2, 0.25) is 0 Å². The van der Waals surface area contributed by atoms with Gasteiger partial charge in [0.15, 0.2) is 0 Å². The van der Waals surface area contributed by atoms with E-state index in [1.54, 1.807) is 0 Å². The van der Waals surface area contributed by atoms with Crippen LogP contribution in [0.5, 0.6) is 0 Å². The zero-order chi connectivity index (χ0) is 55.5. The first-order chi connectivity index (χ1) is 41.7. The highest BCUT2D eigenvalue weighted by atomic mass is 15.1. The summed E-state index contributed by atoms with van der Waals surface area (Å²) in [6, 6.07) is 120. The maximum absolute atomic E-state index is 2.40. The van der Waals surface area contributed by atoms with Gasteiger partial charge >= 0.3 is 0 Å². The largest absolute Gasteiger partial charge is 0.310 e. The van der Waals surface area contributed by atoms with Crippen molar-refractivity contribution in [2.24, 2.45) is 0 Å². The van der Waals surface area contributed by atoms with Crippen LogP contribution in [0.3, 0.4) is 0 Å². The number of hydrogen-bond donors (Lipinski definition) is 0. The Labute approximate surface area is 489 Å². The first kappa shape index (κ1) is 48.9.